The van der Waals surface area contributed by atoms with E-state index in [-0.39, 0.29) is 30.4 Å². The molecule has 4 rings (SSSR count). The summed E-state index contributed by atoms with van der Waals surface area (Å²) in [6, 6.07) is 16.5. The van der Waals surface area contributed by atoms with Crippen molar-refractivity contribution in [1.29, 1.82) is 0 Å². The van der Waals surface area contributed by atoms with E-state index in [1.54, 1.807) is 18.3 Å². The van der Waals surface area contributed by atoms with Gasteiger partial charge in [-0.05, 0) is 60.2 Å². The SMILES string of the molecule is Cl.NC(Cc1cncc(-c2ccc(F)cc2)c1)[C@H]1CCc2ccccc2O1. The van der Waals surface area contributed by atoms with Crippen molar-refractivity contribution < 1.29 is 9.13 Å². The maximum atomic E-state index is 13.1. The minimum atomic E-state index is -0.241. The lowest BCUT2D eigenvalue weighted by Crippen LogP contribution is -2.42. The fourth-order valence-corrected chi connectivity index (χ4v) is 3.45. The first kappa shape index (κ1) is 19.3. The Kier molecular flexibility index (Phi) is 6.09. The van der Waals surface area contributed by atoms with Crippen molar-refractivity contribution in [3.8, 4) is 16.9 Å². The topological polar surface area (TPSA) is 48.1 Å². The Morgan fingerprint density at radius 1 is 1.07 bits per heavy atom. The molecule has 0 spiro atoms. The molecule has 0 radical (unpaired) electrons. The van der Waals surface area contributed by atoms with Crippen LogP contribution in [0.2, 0.25) is 0 Å². The van der Waals surface area contributed by atoms with Gasteiger partial charge in [-0.2, -0.15) is 0 Å². The summed E-state index contributed by atoms with van der Waals surface area (Å²) < 4.78 is 19.2. The van der Waals surface area contributed by atoms with Crippen molar-refractivity contribution in [2.45, 2.75) is 31.4 Å². The van der Waals surface area contributed by atoms with Crippen molar-refractivity contribution in [1.82, 2.24) is 4.98 Å². The fraction of sp³-hybridized carbons (Fsp3) is 0.227. The van der Waals surface area contributed by atoms with Crippen LogP contribution in [0.15, 0.2) is 67.0 Å². The molecule has 2 atom stereocenters. The van der Waals surface area contributed by atoms with E-state index in [0.717, 1.165) is 35.3 Å². The molecule has 27 heavy (non-hydrogen) atoms. The Bertz CT molecular complexity index is 901. The molecule has 0 bridgehead atoms. The van der Waals surface area contributed by atoms with Crippen LogP contribution >= 0.6 is 12.4 Å². The summed E-state index contributed by atoms with van der Waals surface area (Å²) in [4.78, 5) is 4.33. The maximum absolute atomic E-state index is 13.1. The molecule has 3 aromatic rings. The molecule has 1 aliphatic rings. The standard InChI is InChI=1S/C22H21FN2O.ClH/c23-19-8-5-16(6-9-19)18-11-15(13-25-14-18)12-20(24)22-10-7-17-3-1-2-4-21(17)26-22;/h1-6,8-9,11,13-14,20,22H,7,10,12,24H2;1H/t20?,22-;/m1./s1. The Morgan fingerprint density at radius 2 is 1.85 bits per heavy atom. The van der Waals surface area contributed by atoms with E-state index in [4.69, 9.17) is 10.5 Å². The molecule has 3 nitrogen and oxygen atoms in total. The number of benzene rings is 2. The van der Waals surface area contributed by atoms with E-state index in [0.29, 0.717) is 6.42 Å². The second-order valence-corrected chi connectivity index (χ2v) is 6.76. The van der Waals surface area contributed by atoms with E-state index < -0.39 is 0 Å². The highest BCUT2D eigenvalue weighted by Gasteiger charge is 2.25. The molecule has 0 amide bonds. The average molecular weight is 385 g/mol. The summed E-state index contributed by atoms with van der Waals surface area (Å²) in [5.41, 5.74) is 10.7. The predicted molar refractivity (Wildman–Crippen MR) is 108 cm³/mol. The number of rotatable bonds is 4. The number of aryl methyl sites for hydroxylation is 1. The van der Waals surface area contributed by atoms with Gasteiger partial charge in [0.1, 0.15) is 17.7 Å². The zero-order chi connectivity index (χ0) is 17.9. The quantitative estimate of drug-likeness (QED) is 0.716. The molecule has 1 aliphatic heterocycles. The van der Waals surface area contributed by atoms with E-state index in [2.05, 4.69) is 17.1 Å². The first-order valence-corrected chi connectivity index (χ1v) is 8.89. The fourth-order valence-electron chi connectivity index (χ4n) is 3.45. The molecule has 0 saturated carbocycles. The third kappa shape index (κ3) is 4.46. The Balaban J connectivity index is 0.00000210. The van der Waals surface area contributed by atoms with Crippen LogP contribution < -0.4 is 10.5 Å². The molecule has 0 fully saturated rings. The largest absolute Gasteiger partial charge is 0.489 e. The highest BCUT2D eigenvalue weighted by atomic mass is 35.5. The number of halogens is 2. The predicted octanol–water partition coefficient (Wildman–Crippen LogP) is 4.57. The first-order valence-electron chi connectivity index (χ1n) is 8.89. The number of ether oxygens (including phenoxy) is 1. The zero-order valence-electron chi connectivity index (χ0n) is 14.8. The second kappa shape index (κ2) is 8.51. The molecule has 140 valence electrons. The lowest BCUT2D eigenvalue weighted by atomic mass is 9.94. The number of para-hydroxylation sites is 1. The molecule has 2 heterocycles. The molecule has 1 aromatic heterocycles. The number of nitrogens with two attached hydrogens (primary N) is 1. The summed E-state index contributed by atoms with van der Waals surface area (Å²) in [7, 11) is 0. The van der Waals surface area contributed by atoms with Gasteiger partial charge in [-0.3, -0.25) is 4.98 Å². The van der Waals surface area contributed by atoms with Gasteiger partial charge in [0.25, 0.3) is 0 Å². The van der Waals surface area contributed by atoms with Gasteiger partial charge >= 0.3 is 0 Å². The Labute approximate surface area is 164 Å². The summed E-state index contributed by atoms with van der Waals surface area (Å²) in [6.45, 7) is 0. The molecule has 5 heteroatoms. The van der Waals surface area contributed by atoms with Crippen molar-refractivity contribution in [2.24, 2.45) is 5.73 Å². The molecule has 2 aromatic carbocycles. The number of nitrogens with zero attached hydrogens (tertiary/aromatic N) is 1. The van der Waals surface area contributed by atoms with Crippen molar-refractivity contribution >= 4 is 12.4 Å². The van der Waals surface area contributed by atoms with E-state index in [1.165, 1.54) is 17.7 Å². The van der Waals surface area contributed by atoms with Gasteiger partial charge in [-0.15, -0.1) is 12.4 Å². The highest BCUT2D eigenvalue weighted by Crippen LogP contribution is 2.29. The minimum Gasteiger partial charge on any atom is -0.489 e. The number of pyridine rings is 1. The minimum absolute atomic E-state index is 0. The number of fused-ring (bicyclic) bond motifs is 1. The smallest absolute Gasteiger partial charge is 0.123 e. The Hall–Kier alpha value is -2.43. The highest BCUT2D eigenvalue weighted by molar-refractivity contribution is 5.85. The second-order valence-electron chi connectivity index (χ2n) is 6.76. The van der Waals surface area contributed by atoms with Crippen LogP contribution in [0.1, 0.15) is 17.5 Å². The summed E-state index contributed by atoms with van der Waals surface area (Å²) in [5, 5.41) is 0. The monoisotopic (exact) mass is 384 g/mol. The Morgan fingerprint density at radius 3 is 2.67 bits per heavy atom. The lowest BCUT2D eigenvalue weighted by molar-refractivity contribution is 0.144. The molecular formula is C22H22ClFN2O. The molecule has 2 N–H and O–H groups in total. The number of hydrogen-bond donors (Lipinski definition) is 1. The summed E-state index contributed by atoms with van der Waals surface area (Å²) in [6.07, 6.45) is 6.22. The van der Waals surface area contributed by atoms with Gasteiger partial charge in [-0.1, -0.05) is 30.3 Å². The summed E-state index contributed by atoms with van der Waals surface area (Å²) >= 11 is 0. The first-order chi connectivity index (χ1) is 12.7. The molecule has 0 aliphatic carbocycles. The third-order valence-electron chi connectivity index (χ3n) is 4.87. The van der Waals surface area contributed by atoms with Crippen LogP contribution in [0.3, 0.4) is 0 Å². The van der Waals surface area contributed by atoms with Crippen LogP contribution in [0.5, 0.6) is 5.75 Å². The maximum Gasteiger partial charge on any atom is 0.123 e. The van der Waals surface area contributed by atoms with Crippen LogP contribution in [-0.4, -0.2) is 17.1 Å². The van der Waals surface area contributed by atoms with Crippen LogP contribution in [0.25, 0.3) is 11.1 Å². The van der Waals surface area contributed by atoms with E-state index in [9.17, 15) is 4.39 Å². The summed E-state index contributed by atoms with van der Waals surface area (Å²) in [5.74, 6) is 0.701. The molecule has 0 saturated heterocycles. The normalized spacial score (nSPS) is 16.6. The molecular weight excluding hydrogens is 363 g/mol. The van der Waals surface area contributed by atoms with Crippen molar-refractivity contribution in [2.75, 3.05) is 0 Å². The van der Waals surface area contributed by atoms with Crippen LogP contribution in [-0.2, 0) is 12.8 Å². The average Bonchev–Trinajstić information content (AvgIpc) is 2.68. The zero-order valence-corrected chi connectivity index (χ0v) is 15.7. The third-order valence-corrected chi connectivity index (χ3v) is 4.87. The van der Waals surface area contributed by atoms with E-state index in [1.807, 2.05) is 24.4 Å². The molecule has 1 unspecified atom stereocenters. The van der Waals surface area contributed by atoms with E-state index >= 15 is 0 Å². The van der Waals surface area contributed by atoms with Gasteiger partial charge in [0.15, 0.2) is 0 Å². The van der Waals surface area contributed by atoms with Crippen LogP contribution in [0, 0.1) is 5.82 Å². The van der Waals surface area contributed by atoms with Crippen molar-refractivity contribution in [3.63, 3.8) is 0 Å². The number of aromatic nitrogens is 1. The number of hydrogen-bond acceptors (Lipinski definition) is 3. The lowest BCUT2D eigenvalue weighted by Gasteiger charge is -2.30. The van der Waals surface area contributed by atoms with Gasteiger partial charge in [-0.25, -0.2) is 4.39 Å². The van der Waals surface area contributed by atoms with Gasteiger partial charge in [0, 0.05) is 24.0 Å². The van der Waals surface area contributed by atoms with Crippen LogP contribution in [0.4, 0.5) is 4.39 Å². The van der Waals surface area contributed by atoms with Gasteiger partial charge in [0.2, 0.25) is 0 Å². The van der Waals surface area contributed by atoms with Gasteiger partial charge in [0.05, 0.1) is 0 Å². The van der Waals surface area contributed by atoms with Crippen molar-refractivity contribution in [3.05, 3.63) is 83.9 Å². The van der Waals surface area contributed by atoms with Gasteiger partial charge < -0.3 is 10.5 Å².